The number of nitrogens with one attached hydrogen (secondary N) is 4. The smallest absolute Gasteiger partial charge is 0.326 e. The second kappa shape index (κ2) is 25.9. The molecule has 3 heterocycles. The van der Waals surface area contributed by atoms with Crippen LogP contribution in [0.25, 0.3) is 0 Å². The average Bonchev–Trinajstić information content (AvgIpc) is 3.62. The first kappa shape index (κ1) is 52.1. The molecule has 1 aromatic heterocycles. The van der Waals surface area contributed by atoms with Gasteiger partial charge >= 0.3 is 23.9 Å². The van der Waals surface area contributed by atoms with Crippen LogP contribution in [0.15, 0.2) is 24.5 Å². The molecule has 7 N–H and O–H groups in total. The van der Waals surface area contributed by atoms with Gasteiger partial charge in [0, 0.05) is 96.4 Å². The summed E-state index contributed by atoms with van der Waals surface area (Å²) in [6.45, 7) is 2.35. The Morgan fingerprint density at radius 1 is 0.776 bits per heavy atom. The number of hydrogen-bond donors (Lipinski definition) is 7. The summed E-state index contributed by atoms with van der Waals surface area (Å²) in [5.41, 5.74) is 0.832. The first-order valence-electron chi connectivity index (χ1n) is 23.4. The van der Waals surface area contributed by atoms with Gasteiger partial charge < -0.3 is 60.8 Å². The third kappa shape index (κ3) is 16.1. The van der Waals surface area contributed by atoms with Gasteiger partial charge in [-0.15, -0.1) is 0 Å². The summed E-state index contributed by atoms with van der Waals surface area (Å²) < 4.78 is 12.1. The van der Waals surface area contributed by atoms with Crippen LogP contribution in [-0.2, 0) is 47.8 Å². The van der Waals surface area contributed by atoms with Gasteiger partial charge in [-0.25, -0.2) is 14.4 Å². The van der Waals surface area contributed by atoms with Gasteiger partial charge in [0.25, 0.3) is 0 Å². The maximum atomic E-state index is 13.4. The largest absolute Gasteiger partial charge is 0.481 e. The number of carboxylic acids is 3. The highest BCUT2D eigenvalue weighted by molar-refractivity contribution is 5.90. The summed E-state index contributed by atoms with van der Waals surface area (Å²) in [6.07, 6.45) is 9.18. The van der Waals surface area contributed by atoms with Crippen LogP contribution in [0.5, 0.6) is 0 Å². The molecule has 0 unspecified atom stereocenters. The van der Waals surface area contributed by atoms with Crippen LogP contribution in [-0.4, -0.2) is 172 Å². The summed E-state index contributed by atoms with van der Waals surface area (Å²) in [7, 11) is 1.71. The molecule has 22 heteroatoms. The van der Waals surface area contributed by atoms with E-state index in [-0.39, 0.29) is 92.1 Å². The summed E-state index contributed by atoms with van der Waals surface area (Å²) in [6, 6.07) is -0.864. The highest BCUT2D eigenvalue weighted by atomic mass is 16.5. The van der Waals surface area contributed by atoms with Crippen LogP contribution in [0.2, 0.25) is 0 Å². The SMILES string of the molecule is CN1C(=O)C[C@H](C(=O)NCCO[C@H]2CC[C@H](OCCCC(=O)N[C@H]3CC[C@H](C(=O)N4CCN(C(=O)CC[C@H](NC(=O)N[C@@H](CCC(=O)O)C(=O)O)C(=O)O)CC4)CC3)CC2)[C@H]1c1cccnc1. The number of carbonyl (C=O) groups is 9. The molecule has 0 spiro atoms. The van der Waals surface area contributed by atoms with Crippen molar-refractivity contribution >= 4 is 53.5 Å². The minimum absolute atomic E-state index is 0.00515. The Morgan fingerprint density at radius 2 is 1.37 bits per heavy atom. The third-order valence-electron chi connectivity index (χ3n) is 13.1. The third-order valence-corrected chi connectivity index (χ3v) is 13.1. The monoisotopic (exact) mass is 942 g/mol. The van der Waals surface area contributed by atoms with Crippen molar-refractivity contribution in [1.29, 1.82) is 0 Å². The Labute approximate surface area is 389 Å². The summed E-state index contributed by atoms with van der Waals surface area (Å²) >= 11 is 0. The zero-order valence-corrected chi connectivity index (χ0v) is 38.1. The van der Waals surface area contributed by atoms with Crippen LogP contribution in [0.1, 0.15) is 108 Å². The van der Waals surface area contributed by atoms with E-state index in [0.29, 0.717) is 71.4 Å². The van der Waals surface area contributed by atoms with E-state index in [0.717, 1.165) is 31.2 Å². The molecule has 67 heavy (non-hydrogen) atoms. The van der Waals surface area contributed by atoms with Gasteiger partial charge in [0.1, 0.15) is 12.1 Å². The molecule has 1 aromatic rings. The minimum atomic E-state index is -1.55. The van der Waals surface area contributed by atoms with Crippen molar-refractivity contribution in [1.82, 2.24) is 41.0 Å². The van der Waals surface area contributed by atoms with Crippen molar-refractivity contribution in [2.24, 2.45) is 11.8 Å². The molecule has 2 saturated heterocycles. The first-order valence-corrected chi connectivity index (χ1v) is 23.4. The van der Waals surface area contributed by atoms with Crippen molar-refractivity contribution in [2.75, 3.05) is 53.0 Å². The van der Waals surface area contributed by atoms with Crippen LogP contribution in [0.3, 0.4) is 0 Å². The molecule has 4 aliphatic rings. The van der Waals surface area contributed by atoms with Crippen molar-refractivity contribution < 1.29 is 67.9 Å². The Bertz CT molecular complexity index is 1880. The van der Waals surface area contributed by atoms with Gasteiger partial charge in [0.05, 0.1) is 30.8 Å². The summed E-state index contributed by atoms with van der Waals surface area (Å²) in [5, 5.41) is 37.8. The van der Waals surface area contributed by atoms with Crippen molar-refractivity contribution in [2.45, 2.75) is 133 Å². The van der Waals surface area contributed by atoms with E-state index in [1.54, 1.807) is 35.3 Å². The number of aliphatic carboxylic acids is 3. The average molecular weight is 943 g/mol. The predicted octanol–water partition coefficient (Wildman–Crippen LogP) is 1.04. The number of carbonyl (C=O) groups excluding carboxylic acids is 6. The van der Waals surface area contributed by atoms with Gasteiger partial charge in [0.15, 0.2) is 0 Å². The lowest BCUT2D eigenvalue weighted by Gasteiger charge is -2.38. The molecule has 0 bridgehead atoms. The molecule has 370 valence electrons. The number of amides is 7. The second-order valence-corrected chi connectivity index (χ2v) is 17.8. The zero-order valence-electron chi connectivity index (χ0n) is 38.1. The van der Waals surface area contributed by atoms with E-state index in [2.05, 4.69) is 20.9 Å². The number of carboxylic acid groups (broad SMARTS) is 3. The fraction of sp³-hybridized carbons (Fsp3) is 0.689. The van der Waals surface area contributed by atoms with Gasteiger partial charge in [-0.2, -0.15) is 0 Å². The number of nitrogens with zero attached hydrogens (tertiary/aromatic N) is 4. The molecule has 5 rings (SSSR count). The lowest BCUT2D eigenvalue weighted by molar-refractivity contribution is -0.143. The Morgan fingerprint density at radius 3 is 1.96 bits per heavy atom. The van der Waals surface area contributed by atoms with Crippen LogP contribution in [0, 0.1) is 11.8 Å². The molecule has 0 radical (unpaired) electrons. The predicted molar refractivity (Wildman–Crippen MR) is 236 cm³/mol. The van der Waals surface area contributed by atoms with E-state index < -0.39 is 54.8 Å². The van der Waals surface area contributed by atoms with E-state index in [1.165, 1.54) is 4.90 Å². The molecule has 0 aromatic carbocycles. The van der Waals surface area contributed by atoms with Crippen LogP contribution < -0.4 is 21.3 Å². The topological polar surface area (TPSA) is 304 Å². The summed E-state index contributed by atoms with van der Waals surface area (Å²) in [5.74, 6) is -5.49. The number of likely N-dealkylation sites (tertiary alicyclic amines) is 1. The maximum absolute atomic E-state index is 13.4. The maximum Gasteiger partial charge on any atom is 0.326 e. The number of aromatic nitrogens is 1. The van der Waals surface area contributed by atoms with Crippen molar-refractivity contribution in [3.05, 3.63) is 30.1 Å². The number of urea groups is 1. The lowest BCUT2D eigenvalue weighted by atomic mass is 9.85. The lowest BCUT2D eigenvalue weighted by Crippen LogP contribution is -2.53. The van der Waals surface area contributed by atoms with E-state index in [9.17, 15) is 53.4 Å². The van der Waals surface area contributed by atoms with Gasteiger partial charge in [-0.05, 0) is 82.3 Å². The fourth-order valence-electron chi connectivity index (χ4n) is 9.28. The molecule has 7 amide bonds. The van der Waals surface area contributed by atoms with E-state index in [4.69, 9.17) is 14.6 Å². The van der Waals surface area contributed by atoms with Crippen molar-refractivity contribution in [3.8, 4) is 0 Å². The normalized spacial score (nSPS) is 24.0. The van der Waals surface area contributed by atoms with Crippen molar-refractivity contribution in [3.63, 3.8) is 0 Å². The molecular weight excluding hydrogens is 877 g/mol. The minimum Gasteiger partial charge on any atom is -0.481 e. The molecule has 22 nitrogen and oxygen atoms in total. The highest BCUT2D eigenvalue weighted by Crippen LogP contribution is 2.37. The number of hydrogen-bond acceptors (Lipinski definition) is 12. The quantitative estimate of drug-likeness (QED) is 0.0755. The summed E-state index contributed by atoms with van der Waals surface area (Å²) in [4.78, 5) is 120. The van der Waals surface area contributed by atoms with Gasteiger partial charge in [-0.1, -0.05) is 6.07 Å². The Kier molecular flexibility index (Phi) is 20.1. The molecular formula is C45H66N8O14. The van der Waals surface area contributed by atoms with Gasteiger partial charge in [0.2, 0.25) is 29.5 Å². The molecule has 4 atom stereocenters. The Balaban J connectivity index is 0.877. The number of piperazine rings is 1. The number of ether oxygens (including phenoxy) is 2. The zero-order chi connectivity index (χ0) is 48.5. The number of rotatable bonds is 23. The van der Waals surface area contributed by atoms with E-state index >= 15 is 0 Å². The van der Waals surface area contributed by atoms with Gasteiger partial charge in [-0.3, -0.25) is 33.8 Å². The second-order valence-electron chi connectivity index (χ2n) is 17.8. The van der Waals surface area contributed by atoms with Crippen LogP contribution >= 0.6 is 0 Å². The van der Waals surface area contributed by atoms with Crippen LogP contribution in [0.4, 0.5) is 4.79 Å². The Hall–Kier alpha value is -5.90. The standard InChI is InChI=1S/C45H66N8O14/c1-51-38(56)26-33(40(51)29-4-2-18-46-27-29)41(59)47-19-25-67-32-12-10-31(11-13-32)66-24-3-5-36(54)48-30-8-6-28(7-9-30)42(60)53-22-20-52(21-23-53)37(55)16-14-34(43(61)62)49-45(65)50-35(44(63)64)15-17-39(57)58/h2,4,18,27-28,30-35,40H,3,5-17,19-26H2,1H3,(H,47,59)(H,48,54)(H,57,58)(H,61,62)(H,63,64)(H2,49,50,65)/t28-,30-,31-,32-,33-,34-,35-,40+/m0/s1. The molecule has 2 aliphatic carbocycles. The first-order chi connectivity index (χ1) is 32.1. The number of pyridine rings is 1. The van der Waals surface area contributed by atoms with E-state index in [1.807, 2.05) is 11.4 Å². The fourth-order valence-corrected chi connectivity index (χ4v) is 9.28. The molecule has 2 saturated carbocycles. The highest BCUT2D eigenvalue weighted by Gasteiger charge is 2.43. The molecule has 2 aliphatic heterocycles. The molecule has 4 fully saturated rings.